The van der Waals surface area contributed by atoms with E-state index in [1.807, 2.05) is 19.1 Å². The average Bonchev–Trinajstić information content (AvgIpc) is 2.95. The zero-order chi connectivity index (χ0) is 14.4. The van der Waals surface area contributed by atoms with Crippen molar-refractivity contribution < 1.29 is 14.3 Å². The molecule has 104 valence electrons. The first-order chi connectivity index (χ1) is 9.62. The van der Waals surface area contributed by atoms with E-state index in [0.717, 1.165) is 10.9 Å². The lowest BCUT2D eigenvalue weighted by atomic mass is 10.2. The van der Waals surface area contributed by atoms with E-state index in [4.69, 9.17) is 21.7 Å². The number of methoxy groups -OCH3 is 2. The zero-order valence-corrected chi connectivity index (χ0v) is 12.3. The van der Waals surface area contributed by atoms with E-state index < -0.39 is 0 Å². The van der Waals surface area contributed by atoms with Crippen molar-refractivity contribution in [2.75, 3.05) is 20.8 Å². The van der Waals surface area contributed by atoms with Gasteiger partial charge in [-0.05, 0) is 25.2 Å². The number of aromatic nitrogens is 1. The Hall–Kier alpha value is -2.08. The monoisotopic (exact) mass is 290 g/mol. The predicted molar refractivity (Wildman–Crippen MR) is 79.7 cm³/mol. The van der Waals surface area contributed by atoms with Crippen LogP contribution < -0.4 is 9.47 Å². The maximum atomic E-state index is 12.3. The van der Waals surface area contributed by atoms with Crippen molar-refractivity contribution in [3.8, 4) is 11.5 Å². The van der Waals surface area contributed by atoms with Gasteiger partial charge in [0.2, 0.25) is 0 Å². The third kappa shape index (κ3) is 1.54. The maximum Gasteiger partial charge on any atom is 0.277 e. The number of nitrogens with zero attached hydrogens (tertiary/aromatic N) is 2. The molecule has 6 heteroatoms. The van der Waals surface area contributed by atoms with Gasteiger partial charge in [0.1, 0.15) is 17.2 Å². The number of benzene rings is 1. The van der Waals surface area contributed by atoms with Crippen molar-refractivity contribution in [1.82, 2.24) is 9.47 Å². The van der Waals surface area contributed by atoms with Crippen LogP contribution in [0.1, 0.15) is 17.4 Å². The van der Waals surface area contributed by atoms with E-state index in [2.05, 4.69) is 0 Å². The third-order valence-electron chi connectivity index (χ3n) is 3.51. The summed E-state index contributed by atoms with van der Waals surface area (Å²) < 4.78 is 12.4. The molecule has 0 aliphatic carbocycles. The molecule has 2 heterocycles. The summed E-state index contributed by atoms with van der Waals surface area (Å²) in [6.45, 7) is 2.46. The number of fused-ring (bicyclic) bond motifs is 3. The molecule has 1 aliphatic heterocycles. The smallest absolute Gasteiger partial charge is 0.277 e. The number of carbonyl (C=O) groups is 1. The van der Waals surface area contributed by atoms with E-state index in [9.17, 15) is 4.79 Å². The number of hydrogen-bond acceptors (Lipinski definition) is 4. The molecule has 0 unspecified atom stereocenters. The molecular weight excluding hydrogens is 276 g/mol. The molecule has 0 fully saturated rings. The van der Waals surface area contributed by atoms with Crippen LogP contribution in [-0.2, 0) is 0 Å². The Morgan fingerprint density at radius 2 is 1.95 bits per heavy atom. The Bertz CT molecular complexity index is 736. The van der Waals surface area contributed by atoms with E-state index in [1.165, 1.54) is 0 Å². The summed E-state index contributed by atoms with van der Waals surface area (Å²) >= 11 is 5.40. The van der Waals surface area contributed by atoms with Crippen molar-refractivity contribution in [3.05, 3.63) is 23.9 Å². The Morgan fingerprint density at radius 1 is 1.20 bits per heavy atom. The summed E-state index contributed by atoms with van der Waals surface area (Å²) in [5.74, 6) is 1.26. The van der Waals surface area contributed by atoms with Crippen LogP contribution in [0.3, 0.4) is 0 Å². The lowest BCUT2D eigenvalue weighted by Gasteiger charge is -2.14. The van der Waals surface area contributed by atoms with Gasteiger partial charge in [0.15, 0.2) is 5.11 Å². The van der Waals surface area contributed by atoms with Crippen molar-refractivity contribution >= 4 is 34.1 Å². The van der Waals surface area contributed by atoms with Crippen LogP contribution >= 0.6 is 12.2 Å². The molecule has 3 rings (SSSR count). The second-order valence-electron chi connectivity index (χ2n) is 4.46. The van der Waals surface area contributed by atoms with Gasteiger partial charge < -0.3 is 9.47 Å². The zero-order valence-electron chi connectivity index (χ0n) is 11.5. The molecule has 0 saturated carbocycles. The highest BCUT2D eigenvalue weighted by Crippen LogP contribution is 2.36. The number of rotatable bonds is 3. The van der Waals surface area contributed by atoms with E-state index in [0.29, 0.717) is 28.9 Å². The average molecular weight is 290 g/mol. The molecular formula is C14H14N2O3S. The van der Waals surface area contributed by atoms with E-state index in [1.54, 1.807) is 29.8 Å². The second-order valence-corrected chi connectivity index (χ2v) is 4.82. The third-order valence-corrected chi connectivity index (χ3v) is 3.92. The van der Waals surface area contributed by atoms with E-state index >= 15 is 0 Å². The molecule has 0 bridgehead atoms. The summed E-state index contributed by atoms with van der Waals surface area (Å²) in [5, 5.41) is 1.35. The molecule has 2 aromatic rings. The Labute approximate surface area is 121 Å². The molecule has 1 aromatic heterocycles. The quantitative estimate of drug-likeness (QED) is 0.813. The summed E-state index contributed by atoms with van der Waals surface area (Å²) in [6, 6.07) is 5.47. The predicted octanol–water partition coefficient (Wildman–Crippen LogP) is 2.27. The van der Waals surface area contributed by atoms with Crippen LogP contribution in [0, 0.1) is 0 Å². The minimum atomic E-state index is -0.0743. The lowest BCUT2D eigenvalue weighted by molar-refractivity contribution is 0.0866. The Kier molecular flexibility index (Phi) is 2.90. The maximum absolute atomic E-state index is 12.3. The number of carbonyl (C=O) groups excluding carboxylic acids is 1. The highest BCUT2D eigenvalue weighted by Gasteiger charge is 2.34. The van der Waals surface area contributed by atoms with Gasteiger partial charge in [0, 0.05) is 24.1 Å². The summed E-state index contributed by atoms with van der Waals surface area (Å²) in [6.07, 6.45) is 0. The van der Waals surface area contributed by atoms with Crippen LogP contribution in [0.2, 0.25) is 0 Å². The lowest BCUT2D eigenvalue weighted by Crippen LogP contribution is -2.30. The van der Waals surface area contributed by atoms with Gasteiger partial charge in [-0.15, -0.1) is 0 Å². The second kappa shape index (κ2) is 4.49. The largest absolute Gasteiger partial charge is 0.497 e. The molecule has 0 spiro atoms. The normalized spacial score (nSPS) is 14.1. The first-order valence-electron chi connectivity index (χ1n) is 6.26. The van der Waals surface area contributed by atoms with Crippen LogP contribution in [0.15, 0.2) is 18.2 Å². The van der Waals surface area contributed by atoms with Crippen LogP contribution in [0.5, 0.6) is 11.5 Å². The van der Waals surface area contributed by atoms with Gasteiger partial charge in [-0.1, -0.05) is 0 Å². The summed E-state index contributed by atoms with van der Waals surface area (Å²) in [5.41, 5.74) is 1.39. The Morgan fingerprint density at radius 3 is 2.55 bits per heavy atom. The number of amides is 1. The molecule has 20 heavy (non-hydrogen) atoms. The number of thiocarbonyl (C=S) groups is 1. The standard InChI is InChI=1S/C14H14N2O3S/c1-4-15-13(17)11-7-9-10(16(11)14(15)20)5-8(18-2)6-12(9)19-3/h5-7H,4H2,1-3H3. The fourth-order valence-corrected chi connectivity index (χ4v) is 2.93. The molecule has 1 aromatic carbocycles. The van der Waals surface area contributed by atoms with Crippen molar-refractivity contribution in [3.63, 3.8) is 0 Å². The highest BCUT2D eigenvalue weighted by atomic mass is 32.1. The van der Waals surface area contributed by atoms with Crippen LogP contribution in [0.4, 0.5) is 0 Å². The molecule has 5 nitrogen and oxygen atoms in total. The summed E-state index contributed by atoms with van der Waals surface area (Å²) in [4.78, 5) is 13.9. The topological polar surface area (TPSA) is 43.7 Å². The van der Waals surface area contributed by atoms with Crippen molar-refractivity contribution in [1.29, 1.82) is 0 Å². The van der Waals surface area contributed by atoms with Crippen molar-refractivity contribution in [2.24, 2.45) is 0 Å². The van der Waals surface area contributed by atoms with Crippen molar-refractivity contribution in [2.45, 2.75) is 6.92 Å². The first-order valence-corrected chi connectivity index (χ1v) is 6.66. The number of ether oxygens (including phenoxy) is 2. The van der Waals surface area contributed by atoms with Gasteiger partial charge in [-0.2, -0.15) is 0 Å². The fourth-order valence-electron chi connectivity index (χ4n) is 2.52. The molecule has 0 radical (unpaired) electrons. The van der Waals surface area contributed by atoms with Gasteiger partial charge in [-0.3, -0.25) is 14.3 Å². The van der Waals surface area contributed by atoms with Crippen LogP contribution in [-0.4, -0.2) is 41.3 Å². The molecule has 1 amide bonds. The van der Waals surface area contributed by atoms with E-state index in [-0.39, 0.29) is 5.91 Å². The van der Waals surface area contributed by atoms with Gasteiger partial charge in [-0.25, -0.2) is 0 Å². The van der Waals surface area contributed by atoms with Gasteiger partial charge >= 0.3 is 0 Å². The van der Waals surface area contributed by atoms with Gasteiger partial charge in [0.05, 0.1) is 19.7 Å². The Balaban J connectivity index is 2.33. The SMILES string of the molecule is CCN1C(=O)c2cc3c(OC)cc(OC)cc3n2C1=S. The highest BCUT2D eigenvalue weighted by molar-refractivity contribution is 7.80. The molecule has 1 aliphatic rings. The molecule has 0 saturated heterocycles. The van der Waals surface area contributed by atoms with Crippen LogP contribution in [0.25, 0.3) is 10.9 Å². The first kappa shape index (κ1) is 12.9. The minimum Gasteiger partial charge on any atom is -0.497 e. The number of hydrogen-bond donors (Lipinski definition) is 0. The fraction of sp³-hybridized carbons (Fsp3) is 0.286. The summed E-state index contributed by atoms with van der Waals surface area (Å²) in [7, 11) is 3.19. The van der Waals surface area contributed by atoms with Gasteiger partial charge in [0.25, 0.3) is 5.91 Å². The molecule has 0 atom stereocenters. The molecule has 0 N–H and O–H groups in total. The minimum absolute atomic E-state index is 0.0743.